The standard InChI is InChI=1S/C21H21N5O3/c22-12-18-20(24-9-8-23-18)29-17-7-4-10-25(14-17)21(28)15-11-19(27)26(13-15)16-5-2-1-3-6-16/h1-3,5-6,8-9,15,17H,4,7,10-11,13-14H2. The van der Waals surface area contributed by atoms with Crippen molar-refractivity contribution >= 4 is 17.5 Å². The van der Waals surface area contributed by atoms with Crippen molar-refractivity contribution in [3.05, 3.63) is 48.4 Å². The molecule has 2 unspecified atom stereocenters. The first-order chi connectivity index (χ1) is 14.2. The number of carbonyl (C=O) groups excluding carboxylic acids is 2. The van der Waals surface area contributed by atoms with Crippen molar-refractivity contribution < 1.29 is 14.3 Å². The highest BCUT2D eigenvalue weighted by atomic mass is 16.5. The van der Waals surface area contributed by atoms with Crippen LogP contribution in [0, 0.1) is 17.2 Å². The number of anilines is 1. The van der Waals surface area contributed by atoms with Crippen molar-refractivity contribution in [3.8, 4) is 11.9 Å². The Morgan fingerprint density at radius 3 is 2.76 bits per heavy atom. The molecule has 2 atom stereocenters. The van der Waals surface area contributed by atoms with Crippen LogP contribution in [0.4, 0.5) is 5.69 Å². The third-order valence-corrected chi connectivity index (χ3v) is 5.28. The van der Waals surface area contributed by atoms with Crippen LogP contribution in [0.5, 0.6) is 5.88 Å². The molecular weight excluding hydrogens is 370 g/mol. The number of hydrogen-bond donors (Lipinski definition) is 0. The molecule has 0 N–H and O–H groups in total. The van der Waals surface area contributed by atoms with Crippen molar-refractivity contribution in [1.82, 2.24) is 14.9 Å². The highest BCUT2D eigenvalue weighted by Crippen LogP contribution is 2.27. The Morgan fingerprint density at radius 2 is 1.97 bits per heavy atom. The summed E-state index contributed by atoms with van der Waals surface area (Å²) in [5, 5.41) is 9.14. The minimum Gasteiger partial charge on any atom is -0.470 e. The molecule has 4 rings (SSSR count). The van der Waals surface area contributed by atoms with Gasteiger partial charge in [0.05, 0.1) is 12.5 Å². The molecule has 0 radical (unpaired) electrons. The number of nitrogens with zero attached hydrogens (tertiary/aromatic N) is 5. The SMILES string of the molecule is N#Cc1nccnc1OC1CCCN(C(=O)C2CC(=O)N(c3ccccc3)C2)C1. The number of nitriles is 1. The molecule has 2 amide bonds. The number of piperidine rings is 1. The molecule has 1 aromatic heterocycles. The van der Waals surface area contributed by atoms with Gasteiger partial charge in [-0.15, -0.1) is 0 Å². The lowest BCUT2D eigenvalue weighted by Crippen LogP contribution is -2.47. The van der Waals surface area contributed by atoms with Gasteiger partial charge in [0.15, 0.2) is 0 Å². The van der Waals surface area contributed by atoms with E-state index in [4.69, 9.17) is 10.00 Å². The third-order valence-electron chi connectivity index (χ3n) is 5.28. The van der Waals surface area contributed by atoms with Gasteiger partial charge in [-0.05, 0) is 25.0 Å². The van der Waals surface area contributed by atoms with E-state index in [9.17, 15) is 9.59 Å². The van der Waals surface area contributed by atoms with E-state index in [0.717, 1.165) is 18.5 Å². The quantitative estimate of drug-likeness (QED) is 0.788. The van der Waals surface area contributed by atoms with Gasteiger partial charge in [0.25, 0.3) is 5.88 Å². The lowest BCUT2D eigenvalue weighted by Gasteiger charge is -2.34. The van der Waals surface area contributed by atoms with Crippen LogP contribution < -0.4 is 9.64 Å². The zero-order valence-electron chi connectivity index (χ0n) is 15.9. The fraction of sp³-hybridized carbons (Fsp3) is 0.381. The Labute approximate surface area is 168 Å². The predicted molar refractivity (Wildman–Crippen MR) is 104 cm³/mol. The Hall–Kier alpha value is -3.47. The number of hydrogen-bond acceptors (Lipinski definition) is 6. The van der Waals surface area contributed by atoms with E-state index < -0.39 is 0 Å². The predicted octanol–water partition coefficient (Wildman–Crippen LogP) is 1.77. The van der Waals surface area contributed by atoms with Crippen molar-refractivity contribution in [3.63, 3.8) is 0 Å². The molecule has 1 aromatic carbocycles. The normalized spacial score (nSPS) is 21.7. The fourth-order valence-corrected chi connectivity index (χ4v) is 3.87. The molecule has 8 heteroatoms. The van der Waals surface area contributed by atoms with Crippen LogP contribution in [-0.2, 0) is 9.59 Å². The third kappa shape index (κ3) is 4.04. The van der Waals surface area contributed by atoms with Crippen molar-refractivity contribution in [2.45, 2.75) is 25.4 Å². The largest absolute Gasteiger partial charge is 0.470 e. The van der Waals surface area contributed by atoms with Gasteiger partial charge in [-0.3, -0.25) is 9.59 Å². The highest BCUT2D eigenvalue weighted by molar-refractivity contribution is 6.00. The molecule has 2 aliphatic rings. The minimum absolute atomic E-state index is 0.0234. The van der Waals surface area contributed by atoms with Gasteiger partial charge < -0.3 is 14.5 Å². The molecule has 3 heterocycles. The monoisotopic (exact) mass is 391 g/mol. The van der Waals surface area contributed by atoms with Crippen LogP contribution in [0.25, 0.3) is 0 Å². The number of ether oxygens (including phenoxy) is 1. The van der Waals surface area contributed by atoms with E-state index in [-0.39, 0.29) is 41.8 Å². The molecule has 0 aliphatic carbocycles. The van der Waals surface area contributed by atoms with E-state index in [2.05, 4.69) is 9.97 Å². The molecule has 29 heavy (non-hydrogen) atoms. The second-order valence-electron chi connectivity index (χ2n) is 7.23. The number of likely N-dealkylation sites (tertiary alicyclic amines) is 1. The minimum atomic E-state index is -0.354. The Morgan fingerprint density at radius 1 is 1.17 bits per heavy atom. The molecule has 2 aliphatic heterocycles. The Balaban J connectivity index is 1.40. The zero-order valence-corrected chi connectivity index (χ0v) is 15.9. The zero-order chi connectivity index (χ0) is 20.2. The van der Waals surface area contributed by atoms with Gasteiger partial charge in [0, 0.05) is 37.6 Å². The lowest BCUT2D eigenvalue weighted by molar-refractivity contribution is -0.138. The number of amides is 2. The van der Waals surface area contributed by atoms with Crippen molar-refractivity contribution in [2.24, 2.45) is 5.92 Å². The van der Waals surface area contributed by atoms with Gasteiger partial charge >= 0.3 is 0 Å². The second-order valence-corrected chi connectivity index (χ2v) is 7.23. The maximum atomic E-state index is 13.1. The summed E-state index contributed by atoms with van der Waals surface area (Å²) in [5.41, 5.74) is 0.954. The summed E-state index contributed by atoms with van der Waals surface area (Å²) in [6.45, 7) is 1.45. The van der Waals surface area contributed by atoms with Crippen LogP contribution in [0.3, 0.4) is 0 Å². The van der Waals surface area contributed by atoms with Crippen LogP contribution in [0.1, 0.15) is 25.0 Å². The van der Waals surface area contributed by atoms with Gasteiger partial charge in [-0.25, -0.2) is 9.97 Å². The van der Waals surface area contributed by atoms with Crippen LogP contribution in [0.2, 0.25) is 0 Å². The summed E-state index contributed by atoms with van der Waals surface area (Å²) in [7, 11) is 0. The van der Waals surface area contributed by atoms with Gasteiger partial charge in [0.1, 0.15) is 12.2 Å². The maximum absolute atomic E-state index is 13.1. The van der Waals surface area contributed by atoms with Gasteiger partial charge in [0.2, 0.25) is 17.5 Å². The fourth-order valence-electron chi connectivity index (χ4n) is 3.87. The first kappa shape index (κ1) is 18.9. The molecule has 0 saturated carbocycles. The summed E-state index contributed by atoms with van der Waals surface area (Å²) in [6, 6.07) is 11.4. The molecule has 0 bridgehead atoms. The van der Waals surface area contributed by atoms with E-state index >= 15 is 0 Å². The van der Waals surface area contributed by atoms with Crippen LogP contribution in [-0.4, -0.2) is 52.4 Å². The molecule has 8 nitrogen and oxygen atoms in total. The van der Waals surface area contributed by atoms with E-state index in [0.29, 0.717) is 19.6 Å². The summed E-state index contributed by atoms with van der Waals surface area (Å²) < 4.78 is 5.86. The molecule has 2 aromatic rings. The van der Waals surface area contributed by atoms with Gasteiger partial charge in [-0.2, -0.15) is 5.26 Å². The first-order valence-electron chi connectivity index (χ1n) is 9.67. The Bertz CT molecular complexity index is 943. The molecule has 2 fully saturated rings. The van der Waals surface area contributed by atoms with E-state index in [1.165, 1.54) is 12.4 Å². The number of para-hydroxylation sites is 1. The van der Waals surface area contributed by atoms with Gasteiger partial charge in [-0.1, -0.05) is 18.2 Å². The summed E-state index contributed by atoms with van der Waals surface area (Å²) in [5.74, 6) is -0.212. The molecule has 0 spiro atoms. The summed E-state index contributed by atoms with van der Waals surface area (Å²) >= 11 is 0. The number of rotatable bonds is 4. The lowest BCUT2D eigenvalue weighted by atomic mass is 10.0. The molecular formula is C21H21N5O3. The van der Waals surface area contributed by atoms with Crippen molar-refractivity contribution in [1.29, 1.82) is 5.26 Å². The van der Waals surface area contributed by atoms with Crippen molar-refractivity contribution in [2.75, 3.05) is 24.5 Å². The second kappa shape index (κ2) is 8.27. The average molecular weight is 391 g/mol. The summed E-state index contributed by atoms with van der Waals surface area (Å²) in [4.78, 5) is 37.0. The molecule has 148 valence electrons. The Kier molecular flexibility index (Phi) is 5.38. The molecule has 2 saturated heterocycles. The number of benzene rings is 1. The van der Waals surface area contributed by atoms with E-state index in [1.54, 1.807) is 9.80 Å². The highest BCUT2D eigenvalue weighted by Gasteiger charge is 2.38. The van der Waals surface area contributed by atoms with E-state index in [1.807, 2.05) is 36.4 Å². The number of carbonyl (C=O) groups is 2. The first-order valence-corrected chi connectivity index (χ1v) is 9.67. The van der Waals surface area contributed by atoms with Crippen LogP contribution >= 0.6 is 0 Å². The van der Waals surface area contributed by atoms with Crippen LogP contribution in [0.15, 0.2) is 42.7 Å². The topological polar surface area (TPSA) is 99.4 Å². The average Bonchev–Trinajstić information content (AvgIpc) is 3.16. The smallest absolute Gasteiger partial charge is 0.251 e. The maximum Gasteiger partial charge on any atom is 0.251 e. The summed E-state index contributed by atoms with van der Waals surface area (Å²) in [6.07, 6.45) is 4.45. The number of aromatic nitrogens is 2.